The van der Waals surface area contributed by atoms with E-state index in [2.05, 4.69) is 68.6 Å². The van der Waals surface area contributed by atoms with Crippen molar-refractivity contribution in [2.75, 3.05) is 49.1 Å². The van der Waals surface area contributed by atoms with Crippen molar-refractivity contribution in [3.63, 3.8) is 0 Å². The Balaban J connectivity index is 1.11. The van der Waals surface area contributed by atoms with Gasteiger partial charge in [-0.05, 0) is 61.7 Å². The van der Waals surface area contributed by atoms with Gasteiger partial charge in [-0.2, -0.15) is 0 Å². The Morgan fingerprint density at radius 2 is 1.63 bits per heavy atom. The van der Waals surface area contributed by atoms with Crippen LogP contribution in [-0.4, -0.2) is 59.5 Å². The zero-order chi connectivity index (χ0) is 23.9. The number of halogens is 1. The molecule has 4 heterocycles. The summed E-state index contributed by atoms with van der Waals surface area (Å²) >= 11 is 6.23. The highest BCUT2D eigenvalue weighted by Crippen LogP contribution is 2.30. The highest BCUT2D eigenvalue weighted by Gasteiger charge is 2.31. The van der Waals surface area contributed by atoms with E-state index < -0.39 is 0 Å². The van der Waals surface area contributed by atoms with Gasteiger partial charge in [0.1, 0.15) is 0 Å². The van der Waals surface area contributed by atoms with Crippen molar-refractivity contribution in [1.29, 1.82) is 0 Å². The lowest BCUT2D eigenvalue weighted by Gasteiger charge is -2.40. The van der Waals surface area contributed by atoms with E-state index in [4.69, 9.17) is 16.6 Å². The van der Waals surface area contributed by atoms with Gasteiger partial charge in [0.05, 0.1) is 16.6 Å². The van der Waals surface area contributed by atoms with Crippen molar-refractivity contribution < 1.29 is 4.79 Å². The SMILES string of the molecule is Cc1ccc(Cl)cc1N1CCN(C(=O)C2CCN(c3nc4ccccc4n4cccc34)CC2)CC1. The third-order valence-corrected chi connectivity index (χ3v) is 7.83. The van der Waals surface area contributed by atoms with Crippen LogP contribution >= 0.6 is 11.6 Å². The molecule has 35 heavy (non-hydrogen) atoms. The minimum Gasteiger partial charge on any atom is -0.368 e. The second-order valence-electron chi connectivity index (χ2n) is 9.69. The van der Waals surface area contributed by atoms with E-state index in [-0.39, 0.29) is 5.92 Å². The average Bonchev–Trinajstić information content (AvgIpc) is 3.40. The number of hydrogen-bond donors (Lipinski definition) is 0. The second kappa shape index (κ2) is 9.08. The van der Waals surface area contributed by atoms with Gasteiger partial charge >= 0.3 is 0 Å². The first-order valence-corrected chi connectivity index (χ1v) is 12.9. The van der Waals surface area contributed by atoms with Crippen molar-refractivity contribution in [3.8, 4) is 0 Å². The Morgan fingerprint density at radius 1 is 0.886 bits per heavy atom. The first kappa shape index (κ1) is 22.2. The van der Waals surface area contributed by atoms with Crippen LogP contribution in [-0.2, 0) is 4.79 Å². The van der Waals surface area contributed by atoms with Crippen LogP contribution in [0.3, 0.4) is 0 Å². The summed E-state index contributed by atoms with van der Waals surface area (Å²) in [7, 11) is 0. The number of aromatic nitrogens is 2. The molecule has 1 amide bonds. The molecule has 0 atom stereocenters. The van der Waals surface area contributed by atoms with E-state index in [1.54, 1.807) is 0 Å². The van der Waals surface area contributed by atoms with Gasteiger partial charge in [0.25, 0.3) is 0 Å². The van der Waals surface area contributed by atoms with Crippen molar-refractivity contribution in [2.24, 2.45) is 5.92 Å². The Kier molecular flexibility index (Phi) is 5.77. The van der Waals surface area contributed by atoms with Crippen LogP contribution in [0.5, 0.6) is 0 Å². The van der Waals surface area contributed by atoms with E-state index in [0.717, 1.165) is 79.5 Å². The third kappa shape index (κ3) is 4.10. The van der Waals surface area contributed by atoms with Crippen molar-refractivity contribution >= 4 is 45.6 Å². The zero-order valence-electron chi connectivity index (χ0n) is 20.0. The van der Waals surface area contributed by atoms with Gasteiger partial charge in [0, 0.05) is 62.1 Å². The van der Waals surface area contributed by atoms with E-state index in [1.165, 1.54) is 11.3 Å². The van der Waals surface area contributed by atoms with Crippen LogP contribution in [0.1, 0.15) is 18.4 Å². The predicted molar refractivity (Wildman–Crippen MR) is 143 cm³/mol. The maximum Gasteiger partial charge on any atom is 0.225 e. The summed E-state index contributed by atoms with van der Waals surface area (Å²) in [5.41, 5.74) is 5.64. The predicted octanol–water partition coefficient (Wildman–Crippen LogP) is 5.01. The van der Waals surface area contributed by atoms with Gasteiger partial charge in [0.15, 0.2) is 5.82 Å². The number of rotatable bonds is 3. The molecule has 2 saturated heterocycles. The lowest BCUT2D eigenvalue weighted by atomic mass is 9.95. The molecule has 0 radical (unpaired) electrons. The Morgan fingerprint density at radius 3 is 2.43 bits per heavy atom. The summed E-state index contributed by atoms with van der Waals surface area (Å²) in [6.07, 6.45) is 3.84. The number of piperazine rings is 1. The number of aryl methyl sites for hydroxylation is 1. The quantitative estimate of drug-likeness (QED) is 0.407. The molecule has 0 aliphatic carbocycles. The fourth-order valence-electron chi connectivity index (χ4n) is 5.63. The number of para-hydroxylation sites is 2. The molecular weight excluding hydrogens is 458 g/mol. The minimum atomic E-state index is 0.0916. The van der Waals surface area contributed by atoms with Gasteiger partial charge in [-0.25, -0.2) is 4.98 Å². The molecule has 0 N–H and O–H groups in total. The van der Waals surface area contributed by atoms with Gasteiger partial charge in [0.2, 0.25) is 5.91 Å². The van der Waals surface area contributed by atoms with Gasteiger partial charge < -0.3 is 19.1 Å². The number of amides is 1. The van der Waals surface area contributed by atoms with E-state index in [0.29, 0.717) is 5.91 Å². The minimum absolute atomic E-state index is 0.0916. The smallest absolute Gasteiger partial charge is 0.225 e. The highest BCUT2D eigenvalue weighted by atomic mass is 35.5. The van der Waals surface area contributed by atoms with Crippen LogP contribution < -0.4 is 9.80 Å². The standard InChI is InChI=1S/C28H30ClN5O/c1-20-8-9-22(29)19-26(20)31-15-17-33(18-16-31)28(35)21-10-13-32(14-11-21)27-25-7-4-12-34(25)24-6-3-2-5-23(24)30-27/h2-9,12,19,21H,10-11,13-18H2,1H3. The zero-order valence-corrected chi connectivity index (χ0v) is 20.8. The Bertz CT molecular complexity index is 1380. The van der Waals surface area contributed by atoms with Gasteiger partial charge in [-0.3, -0.25) is 4.79 Å². The normalized spacial score (nSPS) is 17.5. The fourth-order valence-corrected chi connectivity index (χ4v) is 5.79. The number of nitrogens with zero attached hydrogens (tertiary/aromatic N) is 5. The molecule has 2 aromatic heterocycles. The van der Waals surface area contributed by atoms with Gasteiger partial charge in [-0.15, -0.1) is 0 Å². The maximum absolute atomic E-state index is 13.4. The van der Waals surface area contributed by atoms with Crippen LogP contribution in [0, 0.1) is 12.8 Å². The molecular formula is C28H30ClN5O. The number of carbonyl (C=O) groups excluding carboxylic acids is 1. The van der Waals surface area contributed by atoms with Crippen LogP contribution in [0.2, 0.25) is 5.02 Å². The maximum atomic E-state index is 13.4. The molecule has 180 valence electrons. The molecule has 6 nitrogen and oxygen atoms in total. The summed E-state index contributed by atoms with van der Waals surface area (Å²) < 4.78 is 2.22. The highest BCUT2D eigenvalue weighted by molar-refractivity contribution is 6.30. The topological polar surface area (TPSA) is 44.1 Å². The van der Waals surface area contributed by atoms with Crippen LogP contribution in [0.4, 0.5) is 11.5 Å². The molecule has 2 aliphatic heterocycles. The van der Waals surface area contributed by atoms with E-state index in [1.807, 2.05) is 18.2 Å². The molecule has 0 saturated carbocycles. The molecule has 0 spiro atoms. The lowest BCUT2D eigenvalue weighted by molar-refractivity contribution is -0.136. The average molecular weight is 488 g/mol. The first-order chi connectivity index (χ1) is 17.1. The number of fused-ring (bicyclic) bond motifs is 3. The van der Waals surface area contributed by atoms with Crippen LogP contribution in [0.15, 0.2) is 60.8 Å². The Hall–Kier alpha value is -3.25. The number of benzene rings is 2. The van der Waals surface area contributed by atoms with Gasteiger partial charge in [-0.1, -0.05) is 29.8 Å². The number of piperidine rings is 1. The summed E-state index contributed by atoms with van der Waals surface area (Å²) in [5, 5.41) is 0.759. The summed E-state index contributed by atoms with van der Waals surface area (Å²) in [6, 6.07) is 18.5. The molecule has 4 aromatic rings. The molecule has 7 heteroatoms. The summed E-state index contributed by atoms with van der Waals surface area (Å²) in [5.74, 6) is 1.42. The van der Waals surface area contributed by atoms with Crippen LogP contribution in [0.25, 0.3) is 16.6 Å². The molecule has 2 aliphatic rings. The summed E-state index contributed by atoms with van der Waals surface area (Å²) in [4.78, 5) is 25.1. The fraction of sp³-hybridized carbons (Fsp3) is 0.357. The van der Waals surface area contributed by atoms with Crippen molar-refractivity contribution in [1.82, 2.24) is 14.3 Å². The first-order valence-electron chi connectivity index (χ1n) is 12.5. The third-order valence-electron chi connectivity index (χ3n) is 7.59. The van der Waals surface area contributed by atoms with E-state index in [9.17, 15) is 4.79 Å². The summed E-state index contributed by atoms with van der Waals surface area (Å²) in [6.45, 7) is 7.04. The molecule has 2 aromatic carbocycles. The molecule has 2 fully saturated rings. The molecule has 0 bridgehead atoms. The lowest BCUT2D eigenvalue weighted by Crippen LogP contribution is -2.52. The number of hydrogen-bond acceptors (Lipinski definition) is 4. The molecule has 0 unspecified atom stereocenters. The second-order valence-corrected chi connectivity index (χ2v) is 10.1. The number of anilines is 2. The van der Waals surface area contributed by atoms with Crippen molar-refractivity contribution in [2.45, 2.75) is 19.8 Å². The Labute approximate surface area is 210 Å². The monoisotopic (exact) mass is 487 g/mol. The van der Waals surface area contributed by atoms with Crippen molar-refractivity contribution in [3.05, 3.63) is 71.4 Å². The molecule has 6 rings (SSSR count). The largest absolute Gasteiger partial charge is 0.368 e. The van der Waals surface area contributed by atoms with E-state index >= 15 is 0 Å². The number of carbonyl (C=O) groups is 1.